The molecule has 0 radical (unpaired) electrons. The van der Waals surface area contributed by atoms with E-state index in [9.17, 15) is 9.59 Å². The summed E-state index contributed by atoms with van der Waals surface area (Å²) in [5, 5.41) is 2.68. The third kappa shape index (κ3) is 4.77. The van der Waals surface area contributed by atoms with Crippen LogP contribution in [-0.2, 0) is 16.0 Å². The molecule has 1 amide bonds. The Labute approximate surface area is 140 Å². The maximum absolute atomic E-state index is 12.2. The number of anilines is 1. The molecule has 7 heteroatoms. The maximum Gasteiger partial charge on any atom is 0.311 e. The Morgan fingerprint density at radius 2 is 1.92 bits per heavy atom. The molecule has 0 aliphatic heterocycles. The molecular weight excluding hydrogens is 308 g/mol. The highest BCUT2D eigenvalue weighted by molar-refractivity contribution is 5.96. The van der Waals surface area contributed by atoms with Crippen LogP contribution in [0.1, 0.15) is 23.0 Å². The zero-order valence-corrected chi connectivity index (χ0v) is 13.4. The van der Waals surface area contributed by atoms with E-state index >= 15 is 0 Å². The number of hydrogen-bond donors (Lipinski definition) is 2. The Kier molecular flexibility index (Phi) is 6.24. The van der Waals surface area contributed by atoms with E-state index in [4.69, 9.17) is 10.5 Å². The summed E-state index contributed by atoms with van der Waals surface area (Å²) >= 11 is 0. The average Bonchev–Trinajstić information content (AvgIpc) is 2.59. The van der Waals surface area contributed by atoms with Gasteiger partial charge in [0.2, 0.25) is 0 Å². The van der Waals surface area contributed by atoms with Crippen molar-refractivity contribution < 1.29 is 14.3 Å². The van der Waals surface area contributed by atoms with E-state index in [0.717, 1.165) is 5.56 Å². The fourth-order valence-electron chi connectivity index (χ4n) is 2.22. The molecule has 0 saturated carbocycles. The summed E-state index contributed by atoms with van der Waals surface area (Å²) < 4.78 is 5.10. The van der Waals surface area contributed by atoms with Crippen molar-refractivity contribution in [1.29, 1.82) is 0 Å². The number of hydrogen-bond acceptors (Lipinski definition) is 6. The van der Waals surface area contributed by atoms with Crippen LogP contribution in [0, 0.1) is 5.92 Å². The van der Waals surface area contributed by atoms with Gasteiger partial charge in [-0.1, -0.05) is 30.3 Å². The zero-order chi connectivity index (χ0) is 17.4. The van der Waals surface area contributed by atoms with Gasteiger partial charge in [-0.05, 0) is 18.9 Å². The SMILES string of the molecule is CCOC(=O)C(CNC(=O)c1nccnc1N)Cc1ccccc1. The van der Waals surface area contributed by atoms with Crippen LogP contribution in [0.4, 0.5) is 5.82 Å². The minimum atomic E-state index is -0.491. The lowest BCUT2D eigenvalue weighted by molar-refractivity contribution is -0.147. The molecule has 1 atom stereocenters. The van der Waals surface area contributed by atoms with Crippen molar-refractivity contribution in [1.82, 2.24) is 15.3 Å². The fourth-order valence-corrected chi connectivity index (χ4v) is 2.22. The molecule has 0 saturated heterocycles. The molecule has 24 heavy (non-hydrogen) atoms. The number of ether oxygens (including phenoxy) is 1. The van der Waals surface area contributed by atoms with Crippen LogP contribution in [0.3, 0.4) is 0 Å². The molecule has 1 heterocycles. The van der Waals surface area contributed by atoms with E-state index < -0.39 is 11.8 Å². The van der Waals surface area contributed by atoms with Gasteiger partial charge in [-0.15, -0.1) is 0 Å². The molecule has 3 N–H and O–H groups in total. The number of nitrogens with zero attached hydrogens (tertiary/aromatic N) is 2. The normalized spacial score (nSPS) is 11.5. The number of nitrogens with one attached hydrogen (secondary N) is 1. The van der Waals surface area contributed by atoms with Gasteiger partial charge in [-0.2, -0.15) is 0 Å². The molecule has 7 nitrogen and oxygen atoms in total. The van der Waals surface area contributed by atoms with E-state index in [1.54, 1.807) is 6.92 Å². The number of carbonyl (C=O) groups is 2. The molecule has 1 aromatic carbocycles. The minimum Gasteiger partial charge on any atom is -0.466 e. The Morgan fingerprint density at radius 1 is 1.21 bits per heavy atom. The van der Waals surface area contributed by atoms with E-state index in [-0.39, 0.29) is 30.6 Å². The molecule has 0 bridgehead atoms. The van der Waals surface area contributed by atoms with Crippen molar-refractivity contribution in [2.24, 2.45) is 5.92 Å². The Balaban J connectivity index is 2.04. The summed E-state index contributed by atoms with van der Waals surface area (Å²) in [4.78, 5) is 32.0. The first kappa shape index (κ1) is 17.4. The molecule has 0 spiro atoms. The second-order valence-corrected chi connectivity index (χ2v) is 5.14. The number of nitrogen functional groups attached to an aromatic ring is 1. The summed E-state index contributed by atoms with van der Waals surface area (Å²) in [7, 11) is 0. The fraction of sp³-hybridized carbons (Fsp3) is 0.294. The number of amides is 1. The van der Waals surface area contributed by atoms with Crippen molar-refractivity contribution in [3.05, 3.63) is 54.0 Å². The number of benzene rings is 1. The van der Waals surface area contributed by atoms with E-state index in [2.05, 4.69) is 15.3 Å². The third-order valence-corrected chi connectivity index (χ3v) is 3.40. The van der Waals surface area contributed by atoms with Crippen LogP contribution in [0.2, 0.25) is 0 Å². The summed E-state index contributed by atoms with van der Waals surface area (Å²) in [5.41, 5.74) is 6.66. The lowest BCUT2D eigenvalue weighted by Gasteiger charge is -2.16. The first-order valence-corrected chi connectivity index (χ1v) is 7.67. The highest BCUT2D eigenvalue weighted by Crippen LogP contribution is 2.11. The number of rotatable bonds is 7. The third-order valence-electron chi connectivity index (χ3n) is 3.40. The van der Waals surface area contributed by atoms with Crippen molar-refractivity contribution in [3.63, 3.8) is 0 Å². The number of aromatic nitrogens is 2. The molecule has 0 fully saturated rings. The maximum atomic E-state index is 12.2. The molecule has 2 aromatic rings. The quantitative estimate of drug-likeness (QED) is 0.740. The predicted molar refractivity (Wildman–Crippen MR) is 89.0 cm³/mol. The first-order chi connectivity index (χ1) is 11.6. The van der Waals surface area contributed by atoms with Crippen LogP contribution < -0.4 is 11.1 Å². The van der Waals surface area contributed by atoms with E-state index in [0.29, 0.717) is 6.42 Å². The van der Waals surface area contributed by atoms with Gasteiger partial charge in [-0.25, -0.2) is 9.97 Å². The summed E-state index contributed by atoms with van der Waals surface area (Å²) in [6.45, 7) is 2.16. The van der Waals surface area contributed by atoms with Gasteiger partial charge in [0.25, 0.3) is 5.91 Å². The Hall–Kier alpha value is -2.96. The van der Waals surface area contributed by atoms with Gasteiger partial charge in [0, 0.05) is 18.9 Å². The largest absolute Gasteiger partial charge is 0.466 e. The first-order valence-electron chi connectivity index (χ1n) is 7.67. The van der Waals surface area contributed by atoms with Crippen LogP contribution in [0.25, 0.3) is 0 Å². The molecular formula is C17H20N4O3. The molecule has 126 valence electrons. The smallest absolute Gasteiger partial charge is 0.311 e. The van der Waals surface area contributed by atoms with Gasteiger partial charge in [0.1, 0.15) is 0 Å². The molecule has 0 aliphatic rings. The average molecular weight is 328 g/mol. The van der Waals surface area contributed by atoms with Gasteiger partial charge in [0.15, 0.2) is 11.5 Å². The molecule has 1 aromatic heterocycles. The highest BCUT2D eigenvalue weighted by atomic mass is 16.5. The van der Waals surface area contributed by atoms with Gasteiger partial charge < -0.3 is 15.8 Å². The van der Waals surface area contributed by atoms with E-state index in [1.807, 2.05) is 30.3 Å². The lowest BCUT2D eigenvalue weighted by atomic mass is 9.99. The van der Waals surface area contributed by atoms with Crippen molar-refractivity contribution >= 4 is 17.7 Å². The molecule has 0 aliphatic carbocycles. The predicted octanol–water partition coefficient (Wildman–Crippen LogP) is 1.21. The summed E-state index contributed by atoms with van der Waals surface area (Å²) in [6, 6.07) is 9.55. The van der Waals surface area contributed by atoms with Crippen molar-refractivity contribution in [2.45, 2.75) is 13.3 Å². The minimum absolute atomic E-state index is 0.0415. The summed E-state index contributed by atoms with van der Waals surface area (Å²) in [6.07, 6.45) is 3.26. The highest BCUT2D eigenvalue weighted by Gasteiger charge is 2.22. The van der Waals surface area contributed by atoms with Crippen LogP contribution >= 0.6 is 0 Å². The standard InChI is InChI=1S/C17H20N4O3/c1-2-24-17(23)13(10-12-6-4-3-5-7-12)11-21-16(22)14-15(18)20-9-8-19-14/h3-9,13H,2,10-11H2,1H3,(H2,18,20)(H,21,22). The number of carbonyl (C=O) groups excluding carboxylic acids is 2. The monoisotopic (exact) mass is 328 g/mol. The summed E-state index contributed by atoms with van der Waals surface area (Å²) in [5.74, 6) is -1.27. The second kappa shape index (κ2) is 8.61. The Morgan fingerprint density at radius 3 is 2.58 bits per heavy atom. The number of nitrogens with two attached hydrogens (primary N) is 1. The second-order valence-electron chi connectivity index (χ2n) is 5.14. The number of esters is 1. The van der Waals surface area contributed by atoms with Crippen LogP contribution in [-0.4, -0.2) is 35.0 Å². The van der Waals surface area contributed by atoms with Crippen molar-refractivity contribution in [2.75, 3.05) is 18.9 Å². The zero-order valence-electron chi connectivity index (χ0n) is 13.4. The van der Waals surface area contributed by atoms with Gasteiger partial charge >= 0.3 is 5.97 Å². The molecule has 2 rings (SSSR count). The van der Waals surface area contributed by atoms with Crippen molar-refractivity contribution in [3.8, 4) is 0 Å². The van der Waals surface area contributed by atoms with E-state index in [1.165, 1.54) is 12.4 Å². The Bertz CT molecular complexity index is 691. The van der Waals surface area contributed by atoms with Gasteiger partial charge in [-0.3, -0.25) is 9.59 Å². The lowest BCUT2D eigenvalue weighted by Crippen LogP contribution is -2.35. The van der Waals surface area contributed by atoms with Crippen LogP contribution in [0.5, 0.6) is 0 Å². The van der Waals surface area contributed by atoms with Crippen LogP contribution in [0.15, 0.2) is 42.7 Å². The molecule has 1 unspecified atom stereocenters. The van der Waals surface area contributed by atoms with Gasteiger partial charge in [0.05, 0.1) is 12.5 Å². The topological polar surface area (TPSA) is 107 Å².